The maximum atomic E-state index is 5.47. The lowest BCUT2D eigenvalue weighted by atomic mass is 10.0. The Labute approximate surface area is 132 Å². The molecule has 3 heteroatoms. The average Bonchev–Trinajstić information content (AvgIpc) is 2.35. The highest BCUT2D eigenvalue weighted by Crippen LogP contribution is 2.12. The van der Waals surface area contributed by atoms with Crippen molar-refractivity contribution in [3.8, 4) is 0 Å². The lowest BCUT2D eigenvalue weighted by Gasteiger charge is -2.02. The first-order valence-corrected chi connectivity index (χ1v) is 8.12. The molecule has 19 heavy (non-hydrogen) atoms. The maximum absolute atomic E-state index is 5.47. The van der Waals surface area contributed by atoms with Crippen molar-refractivity contribution in [3.63, 3.8) is 0 Å². The monoisotopic (exact) mass is 339 g/mol. The first-order chi connectivity index (χ1) is 8.41. The molecule has 0 bridgehead atoms. The molecule has 4 N–H and O–H groups in total. The highest BCUT2D eigenvalue weighted by molar-refractivity contribution is 8.93. The summed E-state index contributed by atoms with van der Waals surface area (Å²) >= 11 is 0. The summed E-state index contributed by atoms with van der Waals surface area (Å²) in [5, 5.41) is 0. The molecule has 0 aliphatic rings. The molecule has 0 aromatic rings. The quantitative estimate of drug-likeness (QED) is 0.435. The zero-order chi connectivity index (χ0) is 12.6. The summed E-state index contributed by atoms with van der Waals surface area (Å²) in [4.78, 5) is 0. The van der Waals surface area contributed by atoms with Crippen molar-refractivity contribution >= 4 is 17.0 Å². The van der Waals surface area contributed by atoms with Crippen LogP contribution in [0.4, 0.5) is 0 Å². The van der Waals surface area contributed by atoms with E-state index < -0.39 is 0 Å². The summed E-state index contributed by atoms with van der Waals surface area (Å²) in [6, 6.07) is 0. The average molecular weight is 340 g/mol. The molecule has 0 aliphatic heterocycles. The number of hydrogen-bond donors (Lipinski definition) is 1. The summed E-state index contributed by atoms with van der Waals surface area (Å²) in [7, 11) is 0. The molecule has 0 atom stereocenters. The third-order valence-electron chi connectivity index (χ3n) is 3.56. The van der Waals surface area contributed by atoms with E-state index in [1.807, 2.05) is 0 Å². The van der Waals surface area contributed by atoms with Crippen molar-refractivity contribution < 1.29 is 5.48 Å². The molecule has 0 rings (SSSR count). The summed E-state index contributed by atoms with van der Waals surface area (Å²) < 4.78 is 0. The predicted molar refractivity (Wildman–Crippen MR) is 93.3 cm³/mol. The molecule has 0 radical (unpaired) electrons. The molecule has 2 nitrogen and oxygen atoms in total. The Morgan fingerprint density at radius 2 is 0.789 bits per heavy atom. The second kappa shape index (κ2) is 23.5. The van der Waals surface area contributed by atoms with Gasteiger partial charge >= 0.3 is 0 Å². The summed E-state index contributed by atoms with van der Waals surface area (Å²) in [5.41, 5.74) is 5.47. The van der Waals surface area contributed by atoms with Crippen LogP contribution in [0.1, 0.15) is 96.8 Å². The van der Waals surface area contributed by atoms with Gasteiger partial charge in [0.25, 0.3) is 0 Å². The van der Waals surface area contributed by atoms with Gasteiger partial charge in [-0.2, -0.15) is 0 Å². The Morgan fingerprint density at radius 1 is 0.526 bits per heavy atom. The van der Waals surface area contributed by atoms with Gasteiger partial charge in [-0.05, 0) is 13.0 Å². The highest BCUT2D eigenvalue weighted by atomic mass is 79.9. The van der Waals surface area contributed by atoms with E-state index in [0.29, 0.717) is 0 Å². The Hall–Kier alpha value is 0.400. The van der Waals surface area contributed by atoms with Crippen LogP contribution in [-0.4, -0.2) is 12.0 Å². The van der Waals surface area contributed by atoms with Gasteiger partial charge in [-0.3, -0.25) is 0 Å². The number of hydrogen-bond acceptors (Lipinski definition) is 1. The van der Waals surface area contributed by atoms with Gasteiger partial charge in [0, 0.05) is 0 Å². The minimum Gasteiger partial charge on any atom is -0.412 e. The standard InChI is InChI=1S/C16H35N.BrH.H2O/c1-2-3-4-5-6-7-8-9-10-11-12-13-14-15-16-17;;/h2-17H2,1H3;1H;1H2. The van der Waals surface area contributed by atoms with Crippen molar-refractivity contribution in [1.82, 2.24) is 0 Å². The smallest absolute Gasteiger partial charge is 0.00773 e. The molecule has 0 aliphatic carbocycles. The first kappa shape index (κ1) is 24.4. The van der Waals surface area contributed by atoms with Gasteiger partial charge in [-0.15, -0.1) is 17.0 Å². The van der Waals surface area contributed by atoms with Crippen LogP contribution in [0.15, 0.2) is 0 Å². The van der Waals surface area contributed by atoms with Gasteiger partial charge < -0.3 is 11.2 Å². The van der Waals surface area contributed by atoms with Crippen LogP contribution in [0.3, 0.4) is 0 Å². The van der Waals surface area contributed by atoms with Gasteiger partial charge in [-0.1, -0.05) is 90.4 Å². The molecule has 0 saturated carbocycles. The van der Waals surface area contributed by atoms with Crippen molar-refractivity contribution in [2.75, 3.05) is 6.54 Å². The summed E-state index contributed by atoms with van der Waals surface area (Å²) in [6.07, 6.45) is 19.9. The van der Waals surface area contributed by atoms with Gasteiger partial charge in [0.05, 0.1) is 0 Å². The van der Waals surface area contributed by atoms with E-state index in [2.05, 4.69) is 6.92 Å². The first-order valence-electron chi connectivity index (χ1n) is 8.12. The molecule has 0 aromatic heterocycles. The van der Waals surface area contributed by atoms with Crippen LogP contribution in [-0.2, 0) is 0 Å². The molecule has 0 amide bonds. The number of halogens is 1. The summed E-state index contributed by atoms with van der Waals surface area (Å²) in [5.74, 6) is 0. The minimum absolute atomic E-state index is 0. The van der Waals surface area contributed by atoms with Crippen LogP contribution in [0.25, 0.3) is 0 Å². The molecule has 0 spiro atoms. The molecule has 120 valence electrons. The van der Waals surface area contributed by atoms with E-state index in [1.54, 1.807) is 0 Å². The second-order valence-electron chi connectivity index (χ2n) is 5.38. The maximum Gasteiger partial charge on any atom is -0.00773 e. The molecule has 0 heterocycles. The molecule has 0 unspecified atom stereocenters. The highest BCUT2D eigenvalue weighted by Gasteiger charge is 1.93. The van der Waals surface area contributed by atoms with Gasteiger partial charge in [0.15, 0.2) is 0 Å². The Morgan fingerprint density at radius 3 is 1.05 bits per heavy atom. The molecular weight excluding hydrogens is 302 g/mol. The fourth-order valence-corrected chi connectivity index (χ4v) is 2.34. The normalized spacial score (nSPS) is 9.79. The van der Waals surface area contributed by atoms with Gasteiger partial charge in [0.2, 0.25) is 0 Å². The number of rotatable bonds is 14. The number of unbranched alkanes of at least 4 members (excludes halogenated alkanes) is 13. The van der Waals surface area contributed by atoms with Gasteiger partial charge in [-0.25, -0.2) is 0 Å². The fourth-order valence-electron chi connectivity index (χ4n) is 2.34. The van der Waals surface area contributed by atoms with E-state index in [-0.39, 0.29) is 22.5 Å². The van der Waals surface area contributed by atoms with E-state index in [4.69, 9.17) is 5.73 Å². The molecule has 0 saturated heterocycles. The Bertz CT molecular complexity index is 120. The van der Waals surface area contributed by atoms with Crippen LogP contribution in [0, 0.1) is 0 Å². The Kier molecular flexibility index (Phi) is 30.2. The Balaban J connectivity index is -0.00000128. The molecule has 0 aromatic carbocycles. The predicted octanol–water partition coefficient (Wildman–Crippen LogP) is 5.18. The lowest BCUT2D eigenvalue weighted by Crippen LogP contribution is -1.97. The van der Waals surface area contributed by atoms with Crippen molar-refractivity contribution in [2.45, 2.75) is 96.8 Å². The lowest BCUT2D eigenvalue weighted by molar-refractivity contribution is 0.536. The molecular formula is C16H38BrNO. The van der Waals surface area contributed by atoms with E-state index in [9.17, 15) is 0 Å². The van der Waals surface area contributed by atoms with Gasteiger partial charge in [0.1, 0.15) is 0 Å². The zero-order valence-electron chi connectivity index (χ0n) is 13.1. The van der Waals surface area contributed by atoms with E-state index in [0.717, 1.165) is 6.54 Å². The third-order valence-corrected chi connectivity index (χ3v) is 3.56. The SMILES string of the molecule is Br.CCCCCCCCCCCCCCCCN.O. The topological polar surface area (TPSA) is 57.5 Å². The van der Waals surface area contributed by atoms with Crippen LogP contribution >= 0.6 is 17.0 Å². The largest absolute Gasteiger partial charge is 0.412 e. The third kappa shape index (κ3) is 23.9. The van der Waals surface area contributed by atoms with E-state index in [1.165, 1.54) is 89.9 Å². The summed E-state index contributed by atoms with van der Waals surface area (Å²) in [6.45, 7) is 3.16. The van der Waals surface area contributed by atoms with Crippen LogP contribution in [0.5, 0.6) is 0 Å². The van der Waals surface area contributed by atoms with Crippen molar-refractivity contribution in [2.24, 2.45) is 5.73 Å². The second-order valence-corrected chi connectivity index (χ2v) is 5.38. The number of nitrogens with two attached hydrogens (primary N) is 1. The fraction of sp³-hybridized carbons (Fsp3) is 1.00. The van der Waals surface area contributed by atoms with Crippen molar-refractivity contribution in [1.29, 1.82) is 0 Å². The van der Waals surface area contributed by atoms with Crippen LogP contribution in [0.2, 0.25) is 0 Å². The zero-order valence-corrected chi connectivity index (χ0v) is 14.8. The minimum atomic E-state index is 0. The van der Waals surface area contributed by atoms with Crippen molar-refractivity contribution in [3.05, 3.63) is 0 Å². The van der Waals surface area contributed by atoms with E-state index >= 15 is 0 Å². The molecule has 0 fully saturated rings. The van der Waals surface area contributed by atoms with Crippen LogP contribution < -0.4 is 5.73 Å².